The number of amides is 2. The second-order valence-corrected chi connectivity index (χ2v) is 8.13. The van der Waals surface area contributed by atoms with Crippen LogP contribution in [0.4, 0.5) is 11.4 Å². The monoisotopic (exact) mass is 443 g/mol. The lowest BCUT2D eigenvalue weighted by molar-refractivity contribution is -0.114. The van der Waals surface area contributed by atoms with Crippen molar-refractivity contribution in [2.75, 3.05) is 30.3 Å². The van der Waals surface area contributed by atoms with Crippen LogP contribution in [-0.4, -0.2) is 36.3 Å². The number of ether oxygens (including phenoxy) is 1. The summed E-state index contributed by atoms with van der Waals surface area (Å²) >= 11 is 0. The van der Waals surface area contributed by atoms with Gasteiger partial charge < -0.3 is 20.3 Å². The second kappa shape index (κ2) is 11.2. The van der Waals surface area contributed by atoms with Gasteiger partial charge in [0, 0.05) is 30.0 Å². The summed E-state index contributed by atoms with van der Waals surface area (Å²) in [4.78, 5) is 27.2. The molecule has 0 radical (unpaired) electrons. The standard InChI is InChI=1S/C27H29N3O3/c31-26(29-22-13-15-25(16-14-22)33-24-11-4-3-5-12-24)20-28-23-10-8-9-21(19-23)27(32)30-17-6-1-2-7-18-30/h3-5,8-16,19,28H,1-2,6-7,17-18,20H2,(H,29,31). The van der Waals surface area contributed by atoms with Crippen molar-refractivity contribution < 1.29 is 14.3 Å². The number of likely N-dealkylation sites (tertiary alicyclic amines) is 1. The summed E-state index contributed by atoms with van der Waals surface area (Å²) in [6, 6.07) is 24.1. The molecule has 0 unspecified atom stereocenters. The fourth-order valence-corrected chi connectivity index (χ4v) is 3.84. The lowest BCUT2D eigenvalue weighted by Gasteiger charge is -2.20. The highest BCUT2D eigenvalue weighted by Crippen LogP contribution is 2.22. The Kier molecular flexibility index (Phi) is 7.59. The van der Waals surface area contributed by atoms with Gasteiger partial charge in [-0.1, -0.05) is 37.1 Å². The summed E-state index contributed by atoms with van der Waals surface area (Å²) in [5.41, 5.74) is 2.08. The van der Waals surface area contributed by atoms with Crippen molar-refractivity contribution in [2.45, 2.75) is 25.7 Å². The van der Waals surface area contributed by atoms with E-state index in [9.17, 15) is 9.59 Å². The molecule has 2 amide bonds. The zero-order valence-electron chi connectivity index (χ0n) is 18.6. The average Bonchev–Trinajstić information content (AvgIpc) is 3.14. The maximum absolute atomic E-state index is 12.8. The van der Waals surface area contributed by atoms with Crippen molar-refractivity contribution in [3.8, 4) is 11.5 Å². The van der Waals surface area contributed by atoms with Crippen molar-refractivity contribution in [1.82, 2.24) is 4.90 Å². The van der Waals surface area contributed by atoms with E-state index in [1.807, 2.05) is 71.6 Å². The molecule has 0 spiro atoms. The summed E-state index contributed by atoms with van der Waals surface area (Å²) in [6.07, 6.45) is 4.49. The highest BCUT2D eigenvalue weighted by Gasteiger charge is 2.17. The number of hydrogen-bond donors (Lipinski definition) is 2. The molecule has 4 rings (SSSR count). The summed E-state index contributed by atoms with van der Waals surface area (Å²) in [7, 11) is 0. The molecule has 6 heteroatoms. The normalized spacial score (nSPS) is 13.6. The Hall–Kier alpha value is -3.80. The van der Waals surface area contributed by atoms with E-state index in [0.29, 0.717) is 17.0 Å². The van der Waals surface area contributed by atoms with E-state index in [2.05, 4.69) is 10.6 Å². The largest absolute Gasteiger partial charge is 0.457 e. The van der Waals surface area contributed by atoms with E-state index in [-0.39, 0.29) is 18.4 Å². The van der Waals surface area contributed by atoms with Gasteiger partial charge in [0.1, 0.15) is 11.5 Å². The minimum Gasteiger partial charge on any atom is -0.457 e. The molecule has 0 saturated carbocycles. The van der Waals surface area contributed by atoms with Crippen molar-refractivity contribution in [3.63, 3.8) is 0 Å². The summed E-state index contributed by atoms with van der Waals surface area (Å²) < 4.78 is 5.77. The van der Waals surface area contributed by atoms with Gasteiger partial charge in [0.15, 0.2) is 0 Å². The van der Waals surface area contributed by atoms with Gasteiger partial charge in [-0.3, -0.25) is 9.59 Å². The summed E-state index contributed by atoms with van der Waals surface area (Å²) in [5, 5.41) is 5.98. The first-order chi connectivity index (χ1) is 16.2. The maximum atomic E-state index is 12.8. The van der Waals surface area contributed by atoms with Crippen LogP contribution >= 0.6 is 0 Å². The van der Waals surface area contributed by atoms with Crippen LogP contribution in [0.5, 0.6) is 11.5 Å². The molecule has 0 aromatic heterocycles. The number of hydrogen-bond acceptors (Lipinski definition) is 4. The Labute approximate surface area is 194 Å². The number of nitrogens with zero attached hydrogens (tertiary/aromatic N) is 1. The fourth-order valence-electron chi connectivity index (χ4n) is 3.84. The Morgan fingerprint density at radius 3 is 2.18 bits per heavy atom. The Bertz CT molecular complexity index is 1060. The molecule has 0 aliphatic carbocycles. The van der Waals surface area contributed by atoms with Gasteiger partial charge in [0.2, 0.25) is 5.91 Å². The molecule has 3 aromatic carbocycles. The molecule has 1 fully saturated rings. The van der Waals surface area contributed by atoms with Crippen molar-refractivity contribution in [2.24, 2.45) is 0 Å². The van der Waals surface area contributed by atoms with Crippen LogP contribution in [0, 0.1) is 0 Å². The SMILES string of the molecule is O=C(CNc1cccc(C(=O)N2CCCCCC2)c1)Nc1ccc(Oc2ccccc2)cc1. The third-order valence-electron chi connectivity index (χ3n) is 5.57. The fraction of sp³-hybridized carbons (Fsp3) is 0.259. The molecule has 0 bridgehead atoms. The van der Waals surface area contributed by atoms with Gasteiger partial charge in [-0.05, 0) is 67.4 Å². The predicted molar refractivity (Wildman–Crippen MR) is 131 cm³/mol. The zero-order valence-corrected chi connectivity index (χ0v) is 18.6. The van der Waals surface area contributed by atoms with E-state index in [4.69, 9.17) is 4.74 Å². The van der Waals surface area contributed by atoms with E-state index >= 15 is 0 Å². The summed E-state index contributed by atoms with van der Waals surface area (Å²) in [5.74, 6) is 1.34. The van der Waals surface area contributed by atoms with Crippen LogP contribution in [-0.2, 0) is 4.79 Å². The van der Waals surface area contributed by atoms with Crippen molar-refractivity contribution in [3.05, 3.63) is 84.4 Å². The van der Waals surface area contributed by atoms with Crippen LogP contribution in [0.15, 0.2) is 78.9 Å². The number of para-hydroxylation sites is 1. The Morgan fingerprint density at radius 1 is 0.758 bits per heavy atom. The molecule has 170 valence electrons. The molecule has 3 aromatic rings. The molecule has 0 atom stereocenters. The summed E-state index contributed by atoms with van der Waals surface area (Å²) in [6.45, 7) is 1.73. The lowest BCUT2D eigenvalue weighted by atomic mass is 10.1. The van der Waals surface area contributed by atoms with Crippen molar-refractivity contribution in [1.29, 1.82) is 0 Å². The number of anilines is 2. The molecule has 1 heterocycles. The molecule has 6 nitrogen and oxygen atoms in total. The van der Waals surface area contributed by atoms with Gasteiger partial charge in [-0.25, -0.2) is 0 Å². The third-order valence-corrected chi connectivity index (χ3v) is 5.57. The van der Waals surface area contributed by atoms with Crippen LogP contribution in [0.1, 0.15) is 36.0 Å². The predicted octanol–water partition coefficient (Wildman–Crippen LogP) is 5.55. The molecule has 33 heavy (non-hydrogen) atoms. The average molecular weight is 444 g/mol. The Morgan fingerprint density at radius 2 is 1.45 bits per heavy atom. The zero-order chi connectivity index (χ0) is 22.9. The second-order valence-electron chi connectivity index (χ2n) is 8.13. The third kappa shape index (κ3) is 6.59. The molecular weight excluding hydrogens is 414 g/mol. The van der Waals surface area contributed by atoms with Crippen LogP contribution < -0.4 is 15.4 Å². The molecule has 1 saturated heterocycles. The van der Waals surface area contributed by atoms with E-state index < -0.39 is 0 Å². The molecular formula is C27H29N3O3. The smallest absolute Gasteiger partial charge is 0.253 e. The van der Waals surface area contributed by atoms with Crippen molar-refractivity contribution >= 4 is 23.2 Å². The Balaban J connectivity index is 1.28. The van der Waals surface area contributed by atoms with E-state index in [0.717, 1.165) is 37.4 Å². The number of nitrogens with one attached hydrogen (secondary N) is 2. The number of carbonyl (C=O) groups is 2. The first kappa shape index (κ1) is 22.4. The maximum Gasteiger partial charge on any atom is 0.253 e. The van der Waals surface area contributed by atoms with Crippen LogP contribution in [0.25, 0.3) is 0 Å². The van der Waals surface area contributed by atoms with Crippen LogP contribution in [0.3, 0.4) is 0 Å². The van der Waals surface area contributed by atoms with Gasteiger partial charge in [-0.15, -0.1) is 0 Å². The topological polar surface area (TPSA) is 70.7 Å². The van der Waals surface area contributed by atoms with Gasteiger partial charge in [0.25, 0.3) is 5.91 Å². The van der Waals surface area contributed by atoms with Gasteiger partial charge in [-0.2, -0.15) is 0 Å². The van der Waals surface area contributed by atoms with Gasteiger partial charge in [0.05, 0.1) is 6.54 Å². The number of carbonyl (C=O) groups excluding carboxylic acids is 2. The molecule has 2 N–H and O–H groups in total. The minimum absolute atomic E-state index is 0.0582. The lowest BCUT2D eigenvalue weighted by Crippen LogP contribution is -2.31. The first-order valence-electron chi connectivity index (χ1n) is 11.4. The van der Waals surface area contributed by atoms with Gasteiger partial charge >= 0.3 is 0 Å². The quantitative estimate of drug-likeness (QED) is 0.503. The highest BCUT2D eigenvalue weighted by atomic mass is 16.5. The first-order valence-corrected chi connectivity index (χ1v) is 11.4. The molecule has 1 aliphatic heterocycles. The number of benzene rings is 3. The number of rotatable bonds is 7. The van der Waals surface area contributed by atoms with E-state index in [1.165, 1.54) is 12.8 Å². The highest BCUT2D eigenvalue weighted by molar-refractivity contribution is 5.96. The minimum atomic E-state index is -0.170. The van der Waals surface area contributed by atoms with Crippen LogP contribution in [0.2, 0.25) is 0 Å². The van der Waals surface area contributed by atoms with E-state index in [1.54, 1.807) is 12.1 Å². The molecule has 1 aliphatic rings.